The molecule has 0 fully saturated rings. The number of carbonyl (C=O) groups is 1. The van der Waals surface area contributed by atoms with E-state index in [4.69, 9.17) is 14.7 Å². The van der Waals surface area contributed by atoms with Gasteiger partial charge in [-0.2, -0.15) is 4.98 Å². The zero-order valence-corrected chi connectivity index (χ0v) is 32.4. The molecule has 0 amide bonds. The van der Waals surface area contributed by atoms with Gasteiger partial charge in [-0.05, 0) is 68.0 Å². The molecule has 1 atom stereocenters. The number of benzene rings is 2. The third-order valence-corrected chi connectivity index (χ3v) is 10.2. The second kappa shape index (κ2) is 14.6. The van der Waals surface area contributed by atoms with Gasteiger partial charge < -0.3 is 19.7 Å². The zero-order chi connectivity index (χ0) is 38.2. The fourth-order valence-corrected chi connectivity index (χ4v) is 7.35. The minimum Gasteiger partial charge on any atom is -0.478 e. The fourth-order valence-electron chi connectivity index (χ4n) is 6.36. The predicted molar refractivity (Wildman–Crippen MR) is 203 cm³/mol. The predicted octanol–water partition coefficient (Wildman–Crippen LogP) is 7.12. The number of anilines is 1. The van der Waals surface area contributed by atoms with Gasteiger partial charge in [-0.3, -0.25) is 4.98 Å². The van der Waals surface area contributed by atoms with Crippen LogP contribution in [0.4, 0.5) is 5.95 Å². The second-order valence-corrected chi connectivity index (χ2v) is 17.3. The number of nitrogens with one attached hydrogen (secondary N) is 2. The lowest BCUT2D eigenvalue weighted by molar-refractivity contribution is 0.0696. The van der Waals surface area contributed by atoms with Gasteiger partial charge in [0.25, 0.3) is 10.0 Å². The van der Waals surface area contributed by atoms with E-state index in [1.807, 2.05) is 46.0 Å². The van der Waals surface area contributed by atoms with Crippen molar-refractivity contribution in [3.63, 3.8) is 0 Å². The van der Waals surface area contributed by atoms with Crippen molar-refractivity contribution in [2.24, 2.45) is 12.5 Å². The summed E-state index contributed by atoms with van der Waals surface area (Å²) in [5.41, 5.74) is 7.30. The van der Waals surface area contributed by atoms with Crippen molar-refractivity contribution in [1.29, 1.82) is 0 Å². The van der Waals surface area contributed by atoms with Crippen molar-refractivity contribution in [1.82, 2.24) is 29.8 Å². The van der Waals surface area contributed by atoms with E-state index in [0.29, 0.717) is 17.8 Å². The number of aryl methyl sites for hydroxylation is 3. The Bertz CT molecular complexity index is 2210. The molecule has 0 spiro atoms. The van der Waals surface area contributed by atoms with E-state index in [-0.39, 0.29) is 45.8 Å². The lowest BCUT2D eigenvalue weighted by atomic mass is 9.88. The molecule has 5 rings (SSSR count). The summed E-state index contributed by atoms with van der Waals surface area (Å²) in [5, 5.41) is 13.1. The third kappa shape index (κ3) is 8.76. The van der Waals surface area contributed by atoms with Gasteiger partial charge in [0.05, 0.1) is 28.0 Å². The average molecular weight is 728 g/mol. The Morgan fingerprint density at radius 2 is 1.63 bits per heavy atom. The van der Waals surface area contributed by atoms with Crippen LogP contribution in [0, 0.1) is 26.2 Å². The third-order valence-electron chi connectivity index (χ3n) is 8.84. The number of hydrogen-bond acceptors (Lipinski definition) is 9. The minimum atomic E-state index is -4.26. The first-order valence-electron chi connectivity index (χ1n) is 17.2. The lowest BCUT2D eigenvalue weighted by Crippen LogP contribution is -2.38. The van der Waals surface area contributed by atoms with Crippen LogP contribution in [-0.4, -0.2) is 56.6 Å². The summed E-state index contributed by atoms with van der Waals surface area (Å²) in [6.07, 6.45) is 2.56. The Hall–Kier alpha value is -4.88. The molecular weight excluding hydrogens is 679 g/mol. The summed E-state index contributed by atoms with van der Waals surface area (Å²) in [6.45, 7) is 19.5. The summed E-state index contributed by atoms with van der Waals surface area (Å²) >= 11 is 0. The number of carboxylic acids is 1. The molecule has 0 aliphatic carbocycles. The van der Waals surface area contributed by atoms with Crippen LogP contribution in [0.1, 0.15) is 86.4 Å². The lowest BCUT2D eigenvalue weighted by Gasteiger charge is -2.27. The van der Waals surface area contributed by atoms with Crippen LogP contribution < -0.4 is 14.8 Å². The monoisotopic (exact) mass is 727 g/mol. The summed E-state index contributed by atoms with van der Waals surface area (Å²) < 4.78 is 38.0. The molecule has 0 saturated heterocycles. The Labute approximate surface area is 306 Å². The van der Waals surface area contributed by atoms with Crippen molar-refractivity contribution < 1.29 is 23.1 Å². The Morgan fingerprint density at radius 1 is 0.962 bits per heavy atom. The molecule has 12 nitrogen and oxygen atoms in total. The smallest absolute Gasteiger partial charge is 0.335 e. The maximum Gasteiger partial charge on any atom is 0.335 e. The average Bonchev–Trinajstić information content (AvgIpc) is 3.39. The molecule has 2 aromatic carbocycles. The molecule has 0 radical (unpaired) electrons. The molecule has 13 heteroatoms. The summed E-state index contributed by atoms with van der Waals surface area (Å²) in [5.74, 6) is -1.21. The number of aromatic nitrogens is 5. The summed E-state index contributed by atoms with van der Waals surface area (Å²) in [6, 6.07) is 13.0. The number of fused-ring (bicyclic) bond motifs is 1. The number of carboxylic acid groups (broad SMARTS) is 1. The molecule has 5 aromatic rings. The van der Waals surface area contributed by atoms with Crippen molar-refractivity contribution >= 4 is 33.1 Å². The van der Waals surface area contributed by atoms with Crippen LogP contribution in [-0.2, 0) is 29.0 Å². The molecule has 0 aliphatic heterocycles. The standard InChI is InChI=1S/C39H49N7O5S/c1-23-13-11-14-24(2)32(23)33-25(3)35(44-37(43-33)45-52(49,50)29-16-12-15-26(17-29)36(47)48)51-22-27(19-38(4,5)6)40-20-28-21-41-30-18-31(39(7,8)9)46(10)34(30)42-28/h11-18,21,27,40H,19-20,22H2,1-10H3,(H,47,48)(H,43,44,45). The Morgan fingerprint density at radius 3 is 2.27 bits per heavy atom. The van der Waals surface area contributed by atoms with Crippen molar-refractivity contribution in [2.45, 2.75) is 91.6 Å². The first-order chi connectivity index (χ1) is 24.2. The first-order valence-corrected chi connectivity index (χ1v) is 18.7. The normalized spacial score (nSPS) is 13.0. The van der Waals surface area contributed by atoms with E-state index < -0.39 is 16.0 Å². The van der Waals surface area contributed by atoms with Gasteiger partial charge >= 0.3 is 5.97 Å². The number of nitrogens with zero attached hydrogens (tertiary/aromatic N) is 5. The highest BCUT2D eigenvalue weighted by Gasteiger charge is 2.25. The number of rotatable bonds is 12. The molecule has 1 unspecified atom stereocenters. The van der Waals surface area contributed by atoms with Crippen molar-refractivity contribution in [3.05, 3.63) is 88.4 Å². The molecular formula is C39H49N7O5S. The Balaban J connectivity index is 1.46. The molecule has 0 aliphatic rings. The van der Waals surface area contributed by atoms with Gasteiger partial charge in [-0.25, -0.2) is 27.9 Å². The molecule has 52 heavy (non-hydrogen) atoms. The van der Waals surface area contributed by atoms with Gasteiger partial charge in [0.15, 0.2) is 5.65 Å². The van der Waals surface area contributed by atoms with Crippen LogP contribution in [0.15, 0.2) is 59.6 Å². The summed E-state index contributed by atoms with van der Waals surface area (Å²) in [4.78, 5) is 30.2. The minimum absolute atomic E-state index is 0.0490. The quantitative estimate of drug-likeness (QED) is 0.121. The van der Waals surface area contributed by atoms with Crippen LogP contribution in [0.25, 0.3) is 22.4 Å². The van der Waals surface area contributed by atoms with Crippen LogP contribution in [0.5, 0.6) is 5.88 Å². The Kier molecular flexibility index (Phi) is 10.8. The molecule has 3 N–H and O–H groups in total. The zero-order valence-electron chi connectivity index (χ0n) is 31.6. The van der Waals surface area contributed by atoms with E-state index in [2.05, 4.69) is 72.2 Å². The molecule has 3 aromatic heterocycles. The van der Waals surface area contributed by atoms with E-state index in [1.165, 1.54) is 18.2 Å². The van der Waals surface area contributed by atoms with Crippen LogP contribution >= 0.6 is 0 Å². The van der Waals surface area contributed by atoms with Crippen LogP contribution in [0.2, 0.25) is 0 Å². The van der Waals surface area contributed by atoms with E-state index in [9.17, 15) is 18.3 Å². The summed E-state index contributed by atoms with van der Waals surface area (Å²) in [7, 11) is -2.24. The highest BCUT2D eigenvalue weighted by atomic mass is 32.2. The molecule has 276 valence electrons. The van der Waals surface area contributed by atoms with Gasteiger partial charge in [-0.15, -0.1) is 0 Å². The topological polar surface area (TPSA) is 161 Å². The second-order valence-electron chi connectivity index (χ2n) is 15.6. The maximum atomic E-state index is 13.5. The fraction of sp³-hybridized carbons (Fsp3) is 0.410. The molecule has 0 bridgehead atoms. The highest BCUT2D eigenvalue weighted by molar-refractivity contribution is 7.92. The van der Waals surface area contributed by atoms with Gasteiger partial charge in [-0.1, -0.05) is 65.8 Å². The van der Waals surface area contributed by atoms with Crippen molar-refractivity contribution in [3.8, 4) is 17.1 Å². The van der Waals surface area contributed by atoms with Gasteiger partial charge in [0.2, 0.25) is 11.8 Å². The van der Waals surface area contributed by atoms with E-state index in [0.717, 1.165) is 51.7 Å². The maximum absolute atomic E-state index is 13.5. The van der Waals surface area contributed by atoms with E-state index >= 15 is 0 Å². The van der Waals surface area contributed by atoms with Crippen LogP contribution in [0.3, 0.4) is 0 Å². The highest BCUT2D eigenvalue weighted by Crippen LogP contribution is 2.34. The number of aromatic carboxylic acids is 1. The number of sulfonamides is 1. The van der Waals surface area contributed by atoms with E-state index in [1.54, 1.807) is 6.20 Å². The van der Waals surface area contributed by atoms with Crippen molar-refractivity contribution in [2.75, 3.05) is 11.3 Å². The number of hydrogen-bond donors (Lipinski definition) is 3. The first kappa shape index (κ1) is 38.4. The number of ether oxygens (including phenoxy) is 1. The van der Waals surface area contributed by atoms with Gasteiger partial charge in [0, 0.05) is 41.9 Å². The largest absolute Gasteiger partial charge is 0.478 e. The molecule has 3 heterocycles. The SMILES string of the molecule is Cc1cccc(C)c1-c1nc(NS(=O)(=O)c2cccc(C(=O)O)c2)nc(OCC(CC(C)(C)C)NCc2cnc3cc(C(C)(C)C)n(C)c3n2)c1C. The van der Waals surface area contributed by atoms with Gasteiger partial charge in [0.1, 0.15) is 12.1 Å². The molecule has 0 saturated carbocycles.